The molecule has 7 nitrogen and oxygen atoms in total. The van der Waals surface area contributed by atoms with Crippen LogP contribution in [-0.4, -0.2) is 27.4 Å². The van der Waals surface area contributed by atoms with E-state index in [0.29, 0.717) is 33.1 Å². The molecule has 1 N–H and O–H groups in total. The molecule has 4 unspecified atom stereocenters. The number of nitrogens with zero attached hydrogens (tertiary/aromatic N) is 3. The lowest BCUT2D eigenvalue weighted by atomic mass is 9.75. The summed E-state index contributed by atoms with van der Waals surface area (Å²) in [6.07, 6.45) is 0. The molecule has 0 aliphatic carbocycles. The van der Waals surface area contributed by atoms with Crippen LogP contribution in [0.25, 0.3) is 16.6 Å². The van der Waals surface area contributed by atoms with E-state index in [2.05, 4.69) is 5.32 Å². The van der Waals surface area contributed by atoms with Gasteiger partial charge in [-0.25, -0.2) is 9.88 Å². The zero-order valence-electron chi connectivity index (χ0n) is 20.5. The minimum absolute atomic E-state index is 0.0146. The van der Waals surface area contributed by atoms with E-state index >= 15 is 0 Å². The van der Waals surface area contributed by atoms with Crippen molar-refractivity contribution in [2.75, 3.05) is 4.90 Å². The molecule has 0 bridgehead atoms. The molecule has 1 spiro atoms. The van der Waals surface area contributed by atoms with Crippen molar-refractivity contribution < 1.29 is 9.59 Å². The third kappa shape index (κ3) is 2.84. The highest BCUT2D eigenvalue weighted by molar-refractivity contribution is 6.42. The number of carbonyl (C=O) groups is 2. The first-order valence-corrected chi connectivity index (χ1v) is 13.2. The highest BCUT2D eigenvalue weighted by atomic mass is 35.5. The number of imide groups is 1. The number of nitrogens with one attached hydrogen (secondary N) is 1. The van der Waals surface area contributed by atoms with Gasteiger partial charge in [0.2, 0.25) is 11.8 Å². The largest absolute Gasteiger partial charge is 0.296 e. The van der Waals surface area contributed by atoms with Crippen molar-refractivity contribution in [3.8, 4) is 5.69 Å². The molecule has 4 heterocycles. The second-order valence-electron chi connectivity index (χ2n) is 10.4. The van der Waals surface area contributed by atoms with Gasteiger partial charge in [-0.15, -0.1) is 0 Å². The monoisotopic (exact) mass is 544 g/mol. The molecule has 4 aromatic rings. The molecule has 2 saturated heterocycles. The van der Waals surface area contributed by atoms with Crippen molar-refractivity contribution in [2.24, 2.45) is 17.8 Å². The molecule has 3 aliphatic rings. The van der Waals surface area contributed by atoms with Gasteiger partial charge < -0.3 is 0 Å². The van der Waals surface area contributed by atoms with Crippen LogP contribution in [0.5, 0.6) is 0 Å². The van der Waals surface area contributed by atoms with E-state index in [-0.39, 0.29) is 34.4 Å². The SMILES string of the molecule is CC(C)C1NC2(c3ccccc3-n3c2nc2ccccc2c3=O)C2C(=O)N(c3ccc(Cl)c(Cl)c3)C(=O)C12. The zero-order valence-corrected chi connectivity index (χ0v) is 22.0. The van der Waals surface area contributed by atoms with Crippen LogP contribution in [0.15, 0.2) is 71.5 Å². The fourth-order valence-electron chi connectivity index (χ4n) is 6.60. The number of anilines is 1. The minimum atomic E-state index is -1.17. The molecule has 7 rings (SSSR count). The third-order valence-corrected chi connectivity index (χ3v) is 8.92. The van der Waals surface area contributed by atoms with Gasteiger partial charge in [-0.2, -0.15) is 0 Å². The number of aromatic nitrogens is 2. The van der Waals surface area contributed by atoms with E-state index in [1.54, 1.807) is 28.8 Å². The summed E-state index contributed by atoms with van der Waals surface area (Å²) >= 11 is 12.4. The molecule has 1 aromatic heterocycles. The summed E-state index contributed by atoms with van der Waals surface area (Å²) in [5.41, 5.74) is 0.957. The molecule has 2 fully saturated rings. The van der Waals surface area contributed by atoms with Gasteiger partial charge in [-0.3, -0.25) is 24.3 Å². The standard InChI is InChI=1S/C29H22Cl2N4O3/c1-14(2)24-22-23(27(38)34(26(22)37)15-11-12-18(30)19(31)13-15)29(33-24)17-8-4-6-10-21(17)35-25(36)16-7-3-5-9-20(16)32-28(29)35/h3-14,22-24,33H,1-2H3. The maximum Gasteiger partial charge on any atom is 0.266 e. The molecule has 38 heavy (non-hydrogen) atoms. The number of amides is 2. The smallest absolute Gasteiger partial charge is 0.266 e. The second kappa shape index (κ2) is 7.99. The van der Waals surface area contributed by atoms with Gasteiger partial charge in [0.05, 0.1) is 44.2 Å². The number of rotatable bonds is 2. The molecule has 4 atom stereocenters. The highest BCUT2D eigenvalue weighted by Crippen LogP contribution is 2.56. The lowest BCUT2D eigenvalue weighted by Gasteiger charge is -2.32. The molecular formula is C29H22Cl2N4O3. The molecule has 3 aliphatic heterocycles. The normalized spacial score (nSPS) is 25.5. The van der Waals surface area contributed by atoms with Gasteiger partial charge in [-0.05, 0) is 42.3 Å². The summed E-state index contributed by atoms with van der Waals surface area (Å²) in [5, 5.41) is 4.77. The first-order valence-electron chi connectivity index (χ1n) is 12.5. The topological polar surface area (TPSA) is 84.3 Å². The minimum Gasteiger partial charge on any atom is -0.296 e. The van der Waals surface area contributed by atoms with E-state index in [4.69, 9.17) is 28.2 Å². The summed E-state index contributed by atoms with van der Waals surface area (Å²) in [4.78, 5) is 48.5. The van der Waals surface area contributed by atoms with E-state index in [9.17, 15) is 14.4 Å². The number of hydrogen-bond acceptors (Lipinski definition) is 5. The number of carbonyl (C=O) groups excluding carboxylic acids is 2. The number of fused-ring (bicyclic) bond motifs is 8. The van der Waals surface area contributed by atoms with Crippen molar-refractivity contribution >= 4 is 51.6 Å². The second-order valence-corrected chi connectivity index (χ2v) is 11.3. The maximum absolute atomic E-state index is 14.4. The van der Waals surface area contributed by atoms with E-state index in [1.807, 2.05) is 50.2 Å². The Bertz CT molecular complexity index is 1770. The highest BCUT2D eigenvalue weighted by Gasteiger charge is 2.70. The van der Waals surface area contributed by atoms with Crippen LogP contribution >= 0.6 is 23.2 Å². The first kappa shape index (κ1) is 23.6. The van der Waals surface area contributed by atoms with Crippen molar-refractivity contribution in [1.82, 2.24) is 14.9 Å². The van der Waals surface area contributed by atoms with Gasteiger partial charge in [0.25, 0.3) is 5.56 Å². The Morgan fingerprint density at radius 1 is 0.921 bits per heavy atom. The molecule has 0 radical (unpaired) electrons. The molecule has 0 saturated carbocycles. The van der Waals surface area contributed by atoms with Gasteiger partial charge in [0.1, 0.15) is 11.4 Å². The molecule has 2 amide bonds. The Hall–Kier alpha value is -3.52. The maximum atomic E-state index is 14.4. The summed E-state index contributed by atoms with van der Waals surface area (Å²) in [5.74, 6) is -1.71. The predicted molar refractivity (Wildman–Crippen MR) is 146 cm³/mol. The number of benzene rings is 3. The van der Waals surface area contributed by atoms with Gasteiger partial charge in [0, 0.05) is 11.6 Å². The Kier molecular flexibility index (Phi) is 4.96. The van der Waals surface area contributed by atoms with E-state index in [0.717, 1.165) is 5.56 Å². The average Bonchev–Trinajstić information content (AvgIpc) is 3.50. The number of para-hydroxylation sites is 2. The molecule has 190 valence electrons. The summed E-state index contributed by atoms with van der Waals surface area (Å²) in [7, 11) is 0. The fraction of sp³-hybridized carbons (Fsp3) is 0.241. The molecule has 3 aromatic carbocycles. The average molecular weight is 545 g/mol. The molecule has 9 heteroatoms. The van der Waals surface area contributed by atoms with Crippen LogP contribution in [0.3, 0.4) is 0 Å². The van der Waals surface area contributed by atoms with Crippen LogP contribution in [0.1, 0.15) is 25.2 Å². The predicted octanol–water partition coefficient (Wildman–Crippen LogP) is 4.68. The summed E-state index contributed by atoms with van der Waals surface area (Å²) < 4.78 is 1.60. The van der Waals surface area contributed by atoms with E-state index < -0.39 is 17.4 Å². The lowest BCUT2D eigenvalue weighted by molar-refractivity contribution is -0.123. The number of halogens is 2. The van der Waals surface area contributed by atoms with Crippen LogP contribution in [0, 0.1) is 17.8 Å². The van der Waals surface area contributed by atoms with Crippen molar-refractivity contribution in [3.05, 3.63) is 98.5 Å². The molecular weight excluding hydrogens is 523 g/mol. The Morgan fingerprint density at radius 3 is 2.42 bits per heavy atom. The van der Waals surface area contributed by atoms with Gasteiger partial charge in [-0.1, -0.05) is 67.4 Å². The van der Waals surface area contributed by atoms with Gasteiger partial charge >= 0.3 is 0 Å². The third-order valence-electron chi connectivity index (χ3n) is 8.18. The Balaban J connectivity index is 1.53. The lowest BCUT2D eigenvalue weighted by Crippen LogP contribution is -2.51. The van der Waals surface area contributed by atoms with Crippen LogP contribution < -0.4 is 15.8 Å². The van der Waals surface area contributed by atoms with Gasteiger partial charge in [0.15, 0.2) is 0 Å². The Labute approximate surface area is 228 Å². The fourth-order valence-corrected chi connectivity index (χ4v) is 6.90. The summed E-state index contributed by atoms with van der Waals surface area (Å²) in [6.45, 7) is 4.05. The first-order chi connectivity index (χ1) is 18.3. The van der Waals surface area contributed by atoms with E-state index in [1.165, 1.54) is 11.0 Å². The van der Waals surface area contributed by atoms with Crippen molar-refractivity contribution in [2.45, 2.75) is 25.4 Å². The number of hydrogen-bond donors (Lipinski definition) is 1. The van der Waals surface area contributed by atoms with Crippen LogP contribution in [-0.2, 0) is 15.1 Å². The van der Waals surface area contributed by atoms with Crippen LogP contribution in [0.2, 0.25) is 10.0 Å². The quantitative estimate of drug-likeness (QED) is 0.370. The summed E-state index contributed by atoms with van der Waals surface area (Å²) in [6, 6.07) is 19.1. The van der Waals surface area contributed by atoms with Crippen LogP contribution in [0.4, 0.5) is 5.69 Å². The van der Waals surface area contributed by atoms with Crippen molar-refractivity contribution in [3.63, 3.8) is 0 Å². The Morgan fingerprint density at radius 2 is 1.66 bits per heavy atom. The zero-order chi connectivity index (χ0) is 26.5. The van der Waals surface area contributed by atoms with Crippen molar-refractivity contribution in [1.29, 1.82) is 0 Å².